The van der Waals surface area contributed by atoms with Crippen LogP contribution in [-0.4, -0.2) is 48.9 Å². The molecule has 0 fully saturated rings. The van der Waals surface area contributed by atoms with Crippen LogP contribution in [0.25, 0.3) is 0 Å². The fourth-order valence-corrected chi connectivity index (χ4v) is 5.35. The number of amides is 3. The molecule has 2 N–H and O–H groups in total. The summed E-state index contributed by atoms with van der Waals surface area (Å²) in [6.45, 7) is 6.19. The third-order valence-electron chi connectivity index (χ3n) is 7.99. The first-order chi connectivity index (χ1) is 20.8. The summed E-state index contributed by atoms with van der Waals surface area (Å²) in [6.07, 6.45) is 19.8. The van der Waals surface area contributed by atoms with Crippen molar-refractivity contribution in [2.24, 2.45) is 5.73 Å². The summed E-state index contributed by atoms with van der Waals surface area (Å²) in [5.74, 6) is -0.427. The van der Waals surface area contributed by atoms with E-state index in [2.05, 4.69) is 6.92 Å². The zero-order valence-corrected chi connectivity index (χ0v) is 27.5. The number of nitrogens with two attached hydrogens (primary N) is 1. The molecule has 9 heteroatoms. The van der Waals surface area contributed by atoms with Gasteiger partial charge < -0.3 is 19.9 Å². The summed E-state index contributed by atoms with van der Waals surface area (Å²) >= 11 is 0. The minimum Gasteiger partial charge on any atom is -0.446 e. The molecule has 2 unspecified atom stereocenters. The Morgan fingerprint density at radius 1 is 0.814 bits per heavy atom. The second-order valence-corrected chi connectivity index (χ2v) is 11.5. The largest absolute Gasteiger partial charge is 0.446 e. The number of aromatic nitrogens is 1. The number of hydrogen-bond acceptors (Lipinski definition) is 6. The zero-order chi connectivity index (χ0) is 31.7. The maximum Gasteiger partial charge on any atom is 0.417 e. The molecule has 1 heterocycles. The number of rotatable bonds is 25. The number of methoxy groups -OCH3 is 1. The highest BCUT2D eigenvalue weighted by atomic mass is 16.6. The third-order valence-corrected chi connectivity index (χ3v) is 7.99. The van der Waals surface area contributed by atoms with Gasteiger partial charge in [-0.05, 0) is 19.8 Å². The van der Waals surface area contributed by atoms with Crippen molar-refractivity contribution >= 4 is 18.1 Å². The Morgan fingerprint density at radius 2 is 1.35 bits per heavy atom. The number of aryl methyl sites for hydroxylation is 1. The summed E-state index contributed by atoms with van der Waals surface area (Å²) in [6, 6.07) is 5.61. The van der Waals surface area contributed by atoms with Crippen LogP contribution in [0.2, 0.25) is 0 Å². The average Bonchev–Trinajstić information content (AvgIpc) is 2.99. The highest BCUT2D eigenvalue weighted by Crippen LogP contribution is 2.17. The standard InChI is InChI=1S/C34H59N3O6/c1-5-7-8-9-10-11-12-13-14-15-16-17-18-19-20-21-25-31(43-33(35)39)32(41-4)28-42-34(40)37(29(3)38)27-30-24-22-23-26-36(30)6-2/h22-24,26,31-32H,5-21,25,27-28H2,1-4H3,(H-,35,39)/p+1. The Hall–Kier alpha value is -2.68. The summed E-state index contributed by atoms with van der Waals surface area (Å²) < 4.78 is 18.3. The second-order valence-electron chi connectivity index (χ2n) is 11.5. The van der Waals surface area contributed by atoms with Gasteiger partial charge in [0.05, 0.1) is 0 Å². The number of nitrogens with zero attached hydrogens (tertiary/aromatic N) is 2. The quantitative estimate of drug-likeness (QED) is 0.0906. The number of hydrogen-bond donors (Lipinski definition) is 1. The van der Waals surface area contributed by atoms with Gasteiger partial charge in [0.15, 0.2) is 6.20 Å². The van der Waals surface area contributed by atoms with E-state index in [4.69, 9.17) is 19.9 Å². The predicted octanol–water partition coefficient (Wildman–Crippen LogP) is 7.61. The van der Waals surface area contributed by atoms with Crippen LogP contribution in [-0.2, 0) is 32.1 Å². The van der Waals surface area contributed by atoms with Crippen molar-refractivity contribution in [1.29, 1.82) is 0 Å². The van der Waals surface area contributed by atoms with Gasteiger partial charge in [0, 0.05) is 26.2 Å². The minimum atomic E-state index is -0.895. The average molecular weight is 607 g/mol. The molecule has 0 saturated heterocycles. The molecule has 0 saturated carbocycles. The Balaban J connectivity index is 2.35. The lowest BCUT2D eigenvalue weighted by Crippen LogP contribution is -2.44. The highest BCUT2D eigenvalue weighted by Gasteiger charge is 2.29. The van der Waals surface area contributed by atoms with E-state index in [1.165, 1.54) is 97.5 Å². The van der Waals surface area contributed by atoms with Gasteiger partial charge in [-0.25, -0.2) is 19.1 Å². The van der Waals surface area contributed by atoms with Crippen LogP contribution in [0.15, 0.2) is 24.4 Å². The van der Waals surface area contributed by atoms with Gasteiger partial charge in [0.25, 0.3) is 0 Å². The molecule has 43 heavy (non-hydrogen) atoms. The number of primary amides is 1. The van der Waals surface area contributed by atoms with E-state index in [0.717, 1.165) is 29.9 Å². The summed E-state index contributed by atoms with van der Waals surface area (Å²) in [5.41, 5.74) is 6.13. The molecule has 246 valence electrons. The molecule has 0 aliphatic carbocycles. The van der Waals surface area contributed by atoms with E-state index in [-0.39, 0.29) is 13.2 Å². The predicted molar refractivity (Wildman–Crippen MR) is 169 cm³/mol. The maximum atomic E-state index is 12.9. The van der Waals surface area contributed by atoms with Crippen molar-refractivity contribution in [2.75, 3.05) is 13.7 Å². The molecular weight excluding hydrogens is 546 g/mol. The molecule has 0 radical (unpaired) electrons. The lowest BCUT2D eigenvalue weighted by atomic mass is 10.0. The smallest absolute Gasteiger partial charge is 0.417 e. The monoisotopic (exact) mass is 606 g/mol. The molecule has 9 nitrogen and oxygen atoms in total. The molecule has 2 atom stereocenters. The van der Waals surface area contributed by atoms with Crippen LogP contribution in [0.3, 0.4) is 0 Å². The normalized spacial score (nSPS) is 12.5. The first-order valence-corrected chi connectivity index (χ1v) is 16.7. The fourth-order valence-electron chi connectivity index (χ4n) is 5.35. The number of imide groups is 1. The van der Waals surface area contributed by atoms with Crippen LogP contribution in [0.5, 0.6) is 0 Å². The highest BCUT2D eigenvalue weighted by molar-refractivity contribution is 5.90. The Bertz CT molecular complexity index is 897. The molecule has 1 aromatic rings. The third kappa shape index (κ3) is 17.9. The number of carbonyl (C=O) groups is 3. The lowest BCUT2D eigenvalue weighted by Gasteiger charge is -2.26. The second kappa shape index (κ2) is 24.7. The van der Waals surface area contributed by atoms with Gasteiger partial charge in [0.1, 0.15) is 31.9 Å². The van der Waals surface area contributed by atoms with Crippen molar-refractivity contribution in [1.82, 2.24) is 4.90 Å². The number of ether oxygens (including phenoxy) is 3. The number of carbonyl (C=O) groups excluding carboxylic acids is 3. The Kier molecular flexibility index (Phi) is 22.1. The van der Waals surface area contributed by atoms with Gasteiger partial charge in [-0.1, -0.05) is 109 Å². The van der Waals surface area contributed by atoms with Crippen molar-refractivity contribution in [2.45, 2.75) is 155 Å². The van der Waals surface area contributed by atoms with E-state index in [1.54, 1.807) is 0 Å². The molecular formula is C34H60N3O6+. The van der Waals surface area contributed by atoms with Crippen LogP contribution >= 0.6 is 0 Å². The summed E-state index contributed by atoms with van der Waals surface area (Å²) in [5, 5.41) is 0. The van der Waals surface area contributed by atoms with Crippen molar-refractivity contribution in [3.8, 4) is 0 Å². The van der Waals surface area contributed by atoms with Gasteiger partial charge >= 0.3 is 12.2 Å². The fraction of sp³-hybridized carbons (Fsp3) is 0.765. The Morgan fingerprint density at radius 3 is 1.81 bits per heavy atom. The van der Waals surface area contributed by atoms with Crippen molar-refractivity contribution in [3.05, 3.63) is 30.1 Å². The van der Waals surface area contributed by atoms with Crippen LogP contribution < -0.4 is 10.3 Å². The number of pyridine rings is 1. The lowest BCUT2D eigenvalue weighted by molar-refractivity contribution is -0.701. The molecule has 1 rings (SSSR count). The van der Waals surface area contributed by atoms with Crippen LogP contribution in [0.1, 0.15) is 136 Å². The van der Waals surface area contributed by atoms with Gasteiger partial charge in [-0.3, -0.25) is 4.79 Å². The number of unbranched alkanes of at least 4 members (excludes halogenated alkanes) is 15. The van der Waals surface area contributed by atoms with E-state index in [1.807, 2.05) is 35.9 Å². The zero-order valence-electron chi connectivity index (χ0n) is 27.5. The molecule has 0 aliphatic rings. The molecule has 1 aromatic heterocycles. The minimum absolute atomic E-state index is 0.0842. The van der Waals surface area contributed by atoms with Crippen LogP contribution in [0, 0.1) is 0 Å². The summed E-state index contributed by atoms with van der Waals surface area (Å²) in [7, 11) is 1.47. The van der Waals surface area contributed by atoms with Gasteiger partial charge in [0.2, 0.25) is 11.6 Å². The molecule has 3 amide bonds. The van der Waals surface area contributed by atoms with Crippen LogP contribution in [0.4, 0.5) is 9.59 Å². The van der Waals surface area contributed by atoms with Gasteiger partial charge in [-0.2, -0.15) is 0 Å². The van der Waals surface area contributed by atoms with E-state index < -0.39 is 30.3 Å². The molecule has 0 bridgehead atoms. The first-order valence-electron chi connectivity index (χ1n) is 16.7. The summed E-state index contributed by atoms with van der Waals surface area (Å²) in [4.78, 5) is 37.7. The van der Waals surface area contributed by atoms with Crippen molar-refractivity contribution < 1.29 is 33.2 Å². The molecule has 0 aromatic carbocycles. The molecule has 0 aliphatic heterocycles. The first kappa shape index (κ1) is 38.3. The SMILES string of the molecule is CCCCCCCCCCCCCCCCCCC(OC(N)=O)C(COC(=O)N(Cc1cccc[n+]1CC)C(C)=O)OC. The van der Waals surface area contributed by atoms with Gasteiger partial charge in [-0.15, -0.1) is 0 Å². The topological polar surface area (TPSA) is 112 Å². The van der Waals surface area contributed by atoms with E-state index in [9.17, 15) is 14.4 Å². The van der Waals surface area contributed by atoms with Crippen molar-refractivity contribution in [3.63, 3.8) is 0 Å². The van der Waals surface area contributed by atoms with E-state index >= 15 is 0 Å². The maximum absolute atomic E-state index is 12.9. The Labute approximate surface area is 260 Å². The molecule has 0 spiro atoms. The van der Waals surface area contributed by atoms with E-state index in [0.29, 0.717) is 13.0 Å².